The van der Waals surface area contributed by atoms with Crippen LogP contribution in [0.4, 0.5) is 5.69 Å². The van der Waals surface area contributed by atoms with E-state index in [1.807, 2.05) is 12.1 Å². The lowest BCUT2D eigenvalue weighted by atomic mass is 10.00. The topological polar surface area (TPSA) is 29.3 Å². The van der Waals surface area contributed by atoms with Gasteiger partial charge in [0.05, 0.1) is 0 Å². The molecule has 1 aliphatic heterocycles. The van der Waals surface area contributed by atoms with Crippen molar-refractivity contribution in [3.8, 4) is 0 Å². The second-order valence-electron chi connectivity index (χ2n) is 4.83. The summed E-state index contributed by atoms with van der Waals surface area (Å²) in [7, 11) is 0. The van der Waals surface area contributed by atoms with E-state index in [1.165, 1.54) is 36.0 Å². The third kappa shape index (κ3) is 2.98. The zero-order valence-corrected chi connectivity index (χ0v) is 11.3. The van der Waals surface area contributed by atoms with Crippen molar-refractivity contribution in [2.75, 3.05) is 18.8 Å². The number of rotatable bonds is 2. The molecule has 1 aromatic rings. The van der Waals surface area contributed by atoms with Gasteiger partial charge in [0.25, 0.3) is 0 Å². The Hall–Kier alpha value is -0.540. The Morgan fingerprint density at radius 1 is 1.50 bits per heavy atom. The van der Waals surface area contributed by atoms with Crippen LogP contribution in [0.15, 0.2) is 22.7 Å². The van der Waals surface area contributed by atoms with Crippen molar-refractivity contribution in [2.45, 2.75) is 26.3 Å². The van der Waals surface area contributed by atoms with Gasteiger partial charge in [0.1, 0.15) is 0 Å². The number of anilines is 1. The molecule has 0 spiro atoms. The average molecular weight is 283 g/mol. The fourth-order valence-electron chi connectivity index (χ4n) is 2.39. The highest BCUT2D eigenvalue weighted by Gasteiger charge is 2.16. The maximum Gasteiger partial charge on any atom is 0.0318 e. The summed E-state index contributed by atoms with van der Waals surface area (Å²) in [6.07, 6.45) is 2.69. The molecular weight excluding hydrogens is 264 g/mol. The first-order valence-corrected chi connectivity index (χ1v) is 6.70. The van der Waals surface area contributed by atoms with Gasteiger partial charge >= 0.3 is 0 Å². The van der Waals surface area contributed by atoms with Crippen LogP contribution >= 0.6 is 15.9 Å². The van der Waals surface area contributed by atoms with Crippen LogP contribution in [0, 0.1) is 5.92 Å². The highest BCUT2D eigenvalue weighted by Crippen LogP contribution is 2.23. The SMILES string of the molecule is CC1CCCN(Cc2cc(N)ccc2Br)C1. The number of nitrogens with zero attached hydrogens (tertiary/aromatic N) is 1. The molecule has 1 saturated heterocycles. The summed E-state index contributed by atoms with van der Waals surface area (Å²) in [5, 5.41) is 0. The second kappa shape index (κ2) is 5.19. The molecular formula is C13H19BrN2. The highest BCUT2D eigenvalue weighted by atomic mass is 79.9. The van der Waals surface area contributed by atoms with E-state index >= 15 is 0 Å². The molecule has 0 radical (unpaired) electrons. The lowest BCUT2D eigenvalue weighted by molar-refractivity contribution is 0.176. The van der Waals surface area contributed by atoms with Crippen molar-refractivity contribution < 1.29 is 0 Å². The number of hydrogen-bond donors (Lipinski definition) is 1. The molecule has 1 heterocycles. The zero-order chi connectivity index (χ0) is 11.5. The van der Waals surface area contributed by atoms with Gasteiger partial charge in [-0.25, -0.2) is 0 Å². The Bertz CT molecular complexity index is 365. The van der Waals surface area contributed by atoms with Gasteiger partial charge in [0.15, 0.2) is 0 Å². The molecule has 2 N–H and O–H groups in total. The molecule has 88 valence electrons. The van der Waals surface area contributed by atoms with Crippen LogP contribution in [0.2, 0.25) is 0 Å². The Labute approximate surface area is 106 Å². The second-order valence-corrected chi connectivity index (χ2v) is 5.69. The normalized spacial score (nSPS) is 22.2. The zero-order valence-electron chi connectivity index (χ0n) is 9.75. The van der Waals surface area contributed by atoms with E-state index in [-0.39, 0.29) is 0 Å². The molecule has 2 rings (SSSR count). The number of nitrogen functional groups attached to an aromatic ring is 1. The fraction of sp³-hybridized carbons (Fsp3) is 0.538. The number of halogens is 1. The van der Waals surface area contributed by atoms with E-state index in [9.17, 15) is 0 Å². The number of piperidine rings is 1. The number of nitrogens with two attached hydrogens (primary N) is 1. The summed E-state index contributed by atoms with van der Waals surface area (Å²) in [6, 6.07) is 6.05. The van der Waals surface area contributed by atoms with Gasteiger partial charge in [-0.15, -0.1) is 0 Å². The minimum atomic E-state index is 0.827. The summed E-state index contributed by atoms with van der Waals surface area (Å²) in [4.78, 5) is 2.52. The third-order valence-corrected chi connectivity index (χ3v) is 3.98. The first kappa shape index (κ1) is 11.9. The molecule has 1 atom stereocenters. The molecule has 0 aromatic heterocycles. The van der Waals surface area contributed by atoms with Crippen LogP contribution < -0.4 is 5.73 Å². The van der Waals surface area contributed by atoms with E-state index < -0.39 is 0 Å². The standard InChI is InChI=1S/C13H19BrN2/c1-10-3-2-6-16(8-10)9-11-7-12(15)4-5-13(11)14/h4-5,7,10H,2-3,6,8-9,15H2,1H3. The average Bonchev–Trinajstić information content (AvgIpc) is 2.24. The maximum atomic E-state index is 5.82. The predicted octanol–water partition coefficient (Wildman–Crippen LogP) is 3.26. The van der Waals surface area contributed by atoms with E-state index in [4.69, 9.17) is 5.73 Å². The van der Waals surface area contributed by atoms with E-state index in [0.29, 0.717) is 0 Å². The molecule has 0 aliphatic carbocycles. The monoisotopic (exact) mass is 282 g/mol. The lowest BCUT2D eigenvalue weighted by Gasteiger charge is -2.31. The van der Waals surface area contributed by atoms with Crippen LogP contribution in [0.25, 0.3) is 0 Å². The van der Waals surface area contributed by atoms with E-state index in [0.717, 1.165) is 18.2 Å². The Morgan fingerprint density at radius 2 is 2.31 bits per heavy atom. The molecule has 0 saturated carbocycles. The van der Waals surface area contributed by atoms with Crippen LogP contribution in [0.1, 0.15) is 25.3 Å². The first-order chi connectivity index (χ1) is 7.65. The Kier molecular flexibility index (Phi) is 3.87. The van der Waals surface area contributed by atoms with Crippen molar-refractivity contribution in [3.63, 3.8) is 0 Å². The van der Waals surface area contributed by atoms with E-state index in [1.54, 1.807) is 0 Å². The summed E-state index contributed by atoms with van der Waals surface area (Å²) >= 11 is 3.59. The van der Waals surface area contributed by atoms with E-state index in [2.05, 4.69) is 33.8 Å². The number of hydrogen-bond acceptors (Lipinski definition) is 2. The Balaban J connectivity index is 2.05. The van der Waals surface area contributed by atoms with Crippen molar-refractivity contribution in [1.82, 2.24) is 4.90 Å². The van der Waals surface area contributed by atoms with Crippen LogP contribution in [0.3, 0.4) is 0 Å². The smallest absolute Gasteiger partial charge is 0.0318 e. The summed E-state index contributed by atoms with van der Waals surface area (Å²) < 4.78 is 1.17. The Morgan fingerprint density at radius 3 is 3.06 bits per heavy atom. The lowest BCUT2D eigenvalue weighted by Crippen LogP contribution is -2.33. The summed E-state index contributed by atoms with van der Waals surface area (Å²) in [6.45, 7) is 5.77. The van der Waals surface area contributed by atoms with Crippen molar-refractivity contribution in [2.24, 2.45) is 5.92 Å². The molecule has 1 unspecified atom stereocenters. The largest absolute Gasteiger partial charge is 0.399 e. The third-order valence-electron chi connectivity index (χ3n) is 3.20. The van der Waals surface area contributed by atoms with Crippen LogP contribution in [0.5, 0.6) is 0 Å². The molecule has 3 heteroatoms. The first-order valence-electron chi connectivity index (χ1n) is 5.91. The quantitative estimate of drug-likeness (QED) is 0.844. The van der Waals surface area contributed by atoms with Crippen LogP contribution in [-0.4, -0.2) is 18.0 Å². The molecule has 0 bridgehead atoms. The van der Waals surface area contributed by atoms with Gasteiger partial charge in [-0.3, -0.25) is 4.90 Å². The molecule has 2 nitrogen and oxygen atoms in total. The van der Waals surface area contributed by atoms with Crippen molar-refractivity contribution >= 4 is 21.6 Å². The number of likely N-dealkylation sites (tertiary alicyclic amines) is 1. The fourth-order valence-corrected chi connectivity index (χ4v) is 2.76. The number of benzene rings is 1. The van der Waals surface area contributed by atoms with Gasteiger partial charge in [-0.1, -0.05) is 22.9 Å². The predicted molar refractivity (Wildman–Crippen MR) is 72.2 cm³/mol. The summed E-state index contributed by atoms with van der Waals surface area (Å²) in [5.74, 6) is 0.827. The van der Waals surface area contributed by atoms with Gasteiger partial charge < -0.3 is 5.73 Å². The molecule has 16 heavy (non-hydrogen) atoms. The van der Waals surface area contributed by atoms with Gasteiger partial charge in [-0.2, -0.15) is 0 Å². The highest BCUT2D eigenvalue weighted by molar-refractivity contribution is 9.10. The molecule has 1 aromatic carbocycles. The van der Waals surface area contributed by atoms with Gasteiger partial charge in [-0.05, 0) is 49.1 Å². The maximum absolute atomic E-state index is 5.82. The van der Waals surface area contributed by atoms with Gasteiger partial charge in [0.2, 0.25) is 0 Å². The molecule has 1 fully saturated rings. The minimum absolute atomic E-state index is 0.827. The molecule has 1 aliphatic rings. The van der Waals surface area contributed by atoms with Crippen molar-refractivity contribution in [3.05, 3.63) is 28.2 Å². The van der Waals surface area contributed by atoms with Crippen LogP contribution in [-0.2, 0) is 6.54 Å². The summed E-state index contributed by atoms with van der Waals surface area (Å²) in [5.41, 5.74) is 7.97. The minimum Gasteiger partial charge on any atom is -0.399 e. The van der Waals surface area contributed by atoms with Crippen molar-refractivity contribution in [1.29, 1.82) is 0 Å². The molecule has 0 amide bonds. The van der Waals surface area contributed by atoms with Gasteiger partial charge in [0, 0.05) is 23.2 Å².